The van der Waals surface area contributed by atoms with Crippen LogP contribution in [0.1, 0.15) is 28.8 Å². The van der Waals surface area contributed by atoms with Crippen molar-refractivity contribution < 1.29 is 9.53 Å². The molecule has 0 spiro atoms. The molecule has 0 aliphatic carbocycles. The first-order valence-electron chi connectivity index (χ1n) is 13.5. The molecular formula is C35H29N3O2. The van der Waals surface area contributed by atoms with E-state index in [1.165, 1.54) is 0 Å². The number of para-hydroxylation sites is 2. The Balaban J connectivity index is 1.51. The molecule has 6 rings (SSSR count). The van der Waals surface area contributed by atoms with Gasteiger partial charge in [0.15, 0.2) is 5.54 Å². The number of hydrogen-bond acceptors (Lipinski definition) is 3. The molecule has 0 radical (unpaired) electrons. The summed E-state index contributed by atoms with van der Waals surface area (Å²) in [6.07, 6.45) is 4.44. The molecular weight excluding hydrogens is 494 g/mol. The summed E-state index contributed by atoms with van der Waals surface area (Å²) >= 11 is 0. The maximum absolute atomic E-state index is 13.8. The first-order chi connectivity index (χ1) is 19.7. The summed E-state index contributed by atoms with van der Waals surface area (Å²) in [5.74, 6) is 0.454. The molecule has 5 heteroatoms. The number of carbonyl (C=O) groups is 1. The second-order valence-corrected chi connectivity index (χ2v) is 9.99. The summed E-state index contributed by atoms with van der Waals surface area (Å²) in [4.78, 5) is 15.4. The predicted molar refractivity (Wildman–Crippen MR) is 158 cm³/mol. The van der Waals surface area contributed by atoms with Crippen LogP contribution in [0.5, 0.6) is 5.75 Å². The van der Waals surface area contributed by atoms with Gasteiger partial charge in [0.05, 0.1) is 11.8 Å². The minimum absolute atomic E-state index is 0.320. The van der Waals surface area contributed by atoms with Crippen LogP contribution in [0, 0.1) is 11.3 Å². The fraction of sp³-hybridized carbons (Fsp3) is 0.143. The number of amides is 1. The maximum Gasteiger partial charge on any atom is 0.416 e. The van der Waals surface area contributed by atoms with Crippen molar-refractivity contribution >= 4 is 23.1 Å². The van der Waals surface area contributed by atoms with Crippen molar-refractivity contribution in [2.75, 3.05) is 6.54 Å². The molecule has 1 aliphatic heterocycles. The summed E-state index contributed by atoms with van der Waals surface area (Å²) in [5, 5.41) is 12.2. The smallest absolute Gasteiger partial charge is 0.410 e. The number of ether oxygens (including phenoxy) is 1. The summed E-state index contributed by atoms with van der Waals surface area (Å²) in [7, 11) is 0. The molecule has 5 nitrogen and oxygen atoms in total. The predicted octanol–water partition coefficient (Wildman–Crippen LogP) is 7.57. The van der Waals surface area contributed by atoms with Crippen LogP contribution < -0.4 is 4.74 Å². The molecule has 1 amide bonds. The van der Waals surface area contributed by atoms with Crippen molar-refractivity contribution in [2.24, 2.45) is 0 Å². The van der Waals surface area contributed by atoms with E-state index < -0.39 is 11.6 Å². The van der Waals surface area contributed by atoms with Crippen molar-refractivity contribution in [3.63, 3.8) is 0 Å². The molecule has 40 heavy (non-hydrogen) atoms. The lowest BCUT2D eigenvalue weighted by atomic mass is 9.83. The van der Waals surface area contributed by atoms with E-state index in [9.17, 15) is 10.1 Å². The Labute approximate surface area is 234 Å². The second-order valence-electron chi connectivity index (χ2n) is 9.99. The fourth-order valence-corrected chi connectivity index (χ4v) is 5.76. The van der Waals surface area contributed by atoms with E-state index >= 15 is 0 Å². The highest BCUT2D eigenvalue weighted by Gasteiger charge is 2.49. The number of hydrogen-bond donors (Lipinski definition) is 0. The number of benzene rings is 4. The van der Waals surface area contributed by atoms with Gasteiger partial charge < -0.3 is 9.30 Å². The Morgan fingerprint density at radius 1 is 0.875 bits per heavy atom. The summed E-state index contributed by atoms with van der Waals surface area (Å²) in [5.41, 5.74) is 3.93. The third-order valence-electron chi connectivity index (χ3n) is 7.57. The van der Waals surface area contributed by atoms with Crippen molar-refractivity contribution in [3.05, 3.63) is 144 Å². The quantitative estimate of drug-likeness (QED) is 0.231. The molecule has 0 bridgehead atoms. The summed E-state index contributed by atoms with van der Waals surface area (Å²) in [6, 6.07) is 40.2. The van der Waals surface area contributed by atoms with Crippen LogP contribution in [-0.2, 0) is 18.5 Å². The van der Waals surface area contributed by atoms with Crippen LogP contribution in [0.15, 0.2) is 121 Å². The monoisotopic (exact) mass is 523 g/mol. The number of rotatable bonds is 6. The third-order valence-corrected chi connectivity index (χ3v) is 7.57. The van der Waals surface area contributed by atoms with Gasteiger partial charge in [0, 0.05) is 30.4 Å². The van der Waals surface area contributed by atoms with Gasteiger partial charge >= 0.3 is 6.09 Å². The fourth-order valence-electron chi connectivity index (χ4n) is 5.76. The topological polar surface area (TPSA) is 58.3 Å². The zero-order valence-corrected chi connectivity index (χ0v) is 22.1. The van der Waals surface area contributed by atoms with Gasteiger partial charge in [-0.25, -0.2) is 4.79 Å². The van der Waals surface area contributed by atoms with Gasteiger partial charge in [-0.15, -0.1) is 0 Å². The van der Waals surface area contributed by atoms with E-state index in [1.54, 1.807) is 17.0 Å². The van der Waals surface area contributed by atoms with Crippen molar-refractivity contribution in [1.29, 1.82) is 5.26 Å². The number of fused-ring (bicyclic) bond motifs is 3. The van der Waals surface area contributed by atoms with Crippen LogP contribution in [0.2, 0.25) is 0 Å². The Morgan fingerprint density at radius 3 is 2.25 bits per heavy atom. The van der Waals surface area contributed by atoms with Crippen LogP contribution in [0.3, 0.4) is 0 Å². The number of nitriles is 1. The van der Waals surface area contributed by atoms with Crippen molar-refractivity contribution in [2.45, 2.75) is 24.9 Å². The van der Waals surface area contributed by atoms with E-state index in [-0.39, 0.29) is 0 Å². The number of aromatic nitrogens is 1. The zero-order valence-electron chi connectivity index (χ0n) is 22.1. The molecule has 4 aromatic carbocycles. The normalized spacial score (nSPS) is 16.5. The number of nitrogens with zero attached hydrogens (tertiary/aromatic N) is 3. The highest BCUT2D eigenvalue weighted by Crippen LogP contribution is 2.44. The van der Waals surface area contributed by atoms with E-state index in [2.05, 4.69) is 34.9 Å². The van der Waals surface area contributed by atoms with Gasteiger partial charge in [-0.05, 0) is 41.3 Å². The van der Waals surface area contributed by atoms with Gasteiger partial charge in [0.2, 0.25) is 0 Å². The third kappa shape index (κ3) is 4.65. The summed E-state index contributed by atoms with van der Waals surface area (Å²) in [6.45, 7) is 0.967. The average Bonchev–Trinajstić information content (AvgIpc) is 3.32. The van der Waals surface area contributed by atoms with Gasteiger partial charge in [0.25, 0.3) is 0 Å². The highest BCUT2D eigenvalue weighted by atomic mass is 16.6. The largest absolute Gasteiger partial charge is 0.416 e. The molecule has 0 fully saturated rings. The molecule has 1 atom stereocenters. The summed E-state index contributed by atoms with van der Waals surface area (Å²) < 4.78 is 8.05. The van der Waals surface area contributed by atoms with Gasteiger partial charge in [-0.2, -0.15) is 5.26 Å². The molecule has 0 saturated heterocycles. The van der Waals surface area contributed by atoms with Crippen molar-refractivity contribution in [3.8, 4) is 11.8 Å². The van der Waals surface area contributed by atoms with Crippen LogP contribution in [0.25, 0.3) is 17.0 Å². The van der Waals surface area contributed by atoms with Gasteiger partial charge in [-0.3, -0.25) is 4.90 Å². The van der Waals surface area contributed by atoms with E-state index in [0.29, 0.717) is 31.7 Å². The van der Waals surface area contributed by atoms with Crippen LogP contribution in [0.4, 0.5) is 4.79 Å². The zero-order chi connectivity index (χ0) is 27.4. The van der Waals surface area contributed by atoms with Gasteiger partial charge in [-0.1, -0.05) is 109 Å². The van der Waals surface area contributed by atoms with Crippen molar-refractivity contribution in [1.82, 2.24) is 9.47 Å². The van der Waals surface area contributed by atoms with Crippen LogP contribution >= 0.6 is 0 Å². The second kappa shape index (κ2) is 11.0. The molecule has 5 aromatic rings. The molecule has 0 saturated carbocycles. The lowest BCUT2D eigenvalue weighted by Gasteiger charge is -2.42. The SMILES string of the molecule is N#C[C@]1(C/C=C/c2ccccc2)c2c(c3ccccc3n2Cc2ccccc2)CCN1C(=O)Oc1ccccc1. The lowest BCUT2D eigenvalue weighted by Crippen LogP contribution is -2.54. The molecule has 2 heterocycles. The van der Waals surface area contributed by atoms with E-state index in [0.717, 1.165) is 33.3 Å². The molecule has 0 N–H and O–H groups in total. The minimum Gasteiger partial charge on any atom is -0.410 e. The Bertz CT molecular complexity index is 1700. The lowest BCUT2D eigenvalue weighted by molar-refractivity contribution is 0.0971. The highest BCUT2D eigenvalue weighted by molar-refractivity contribution is 5.88. The maximum atomic E-state index is 13.8. The Kier molecular flexibility index (Phi) is 6.91. The van der Waals surface area contributed by atoms with E-state index in [1.807, 2.05) is 91.0 Å². The Hall–Kier alpha value is -5.08. The standard InChI is InChI=1S/C35H29N3O2/c36-26-35(23-12-17-27-13-4-1-5-14-27)33-31(22-24-38(35)34(39)40-29-18-8-3-9-19-29)30-20-10-11-21-32(30)37(33)25-28-15-6-2-7-16-28/h1-21H,22-25H2/b17-12+/t35-/m1/s1. The molecule has 0 unspecified atom stereocenters. The van der Waals surface area contributed by atoms with Gasteiger partial charge in [0.1, 0.15) is 5.75 Å². The van der Waals surface area contributed by atoms with E-state index in [4.69, 9.17) is 4.74 Å². The Morgan fingerprint density at radius 2 is 1.52 bits per heavy atom. The average molecular weight is 524 g/mol. The van der Waals surface area contributed by atoms with Crippen LogP contribution in [-0.4, -0.2) is 22.1 Å². The molecule has 1 aromatic heterocycles. The molecule has 1 aliphatic rings. The minimum atomic E-state index is -1.27. The number of carbonyl (C=O) groups excluding carboxylic acids is 1. The first kappa shape index (κ1) is 25.2. The first-order valence-corrected chi connectivity index (χ1v) is 13.5. The molecule has 196 valence electrons.